The van der Waals surface area contributed by atoms with Gasteiger partial charge in [0.05, 0.1) is 45.7 Å². The van der Waals surface area contributed by atoms with Gasteiger partial charge in [0.15, 0.2) is 25.2 Å². The fourth-order valence-corrected chi connectivity index (χ4v) is 7.88. The Hall–Kier alpha value is -2.51. The third-order valence-electron chi connectivity index (χ3n) is 11.8. The number of methoxy groups -OCH3 is 1. The van der Waals surface area contributed by atoms with Crippen molar-refractivity contribution in [2.75, 3.05) is 40.1 Å². The van der Waals surface area contributed by atoms with E-state index in [1.165, 1.54) is 24.3 Å². The summed E-state index contributed by atoms with van der Waals surface area (Å²) in [7, 11) is 1.15. The van der Waals surface area contributed by atoms with Gasteiger partial charge in [0.2, 0.25) is 6.29 Å². The van der Waals surface area contributed by atoms with Gasteiger partial charge < -0.3 is 134 Å². The highest BCUT2D eigenvalue weighted by Gasteiger charge is 2.56. The molecule has 0 unspecified atom stereocenters. The Morgan fingerprint density at radius 1 is 0.439 bits per heavy atom. The van der Waals surface area contributed by atoms with Crippen molar-refractivity contribution in [2.24, 2.45) is 0 Å². The van der Waals surface area contributed by atoms with Crippen LogP contribution >= 0.6 is 0 Å². The molecule has 0 amide bonds. The van der Waals surface area contributed by atoms with Crippen molar-refractivity contribution in [3.8, 4) is 5.75 Å². The van der Waals surface area contributed by atoms with Crippen LogP contribution in [0.1, 0.15) is 10.4 Å². The normalized spacial score (nSPS) is 46.7. The number of benzene rings is 1. The Labute approximate surface area is 373 Å². The van der Waals surface area contributed by atoms with Gasteiger partial charge in [-0.3, -0.25) is 0 Å². The molecule has 16 N–H and O–H groups in total. The Balaban J connectivity index is 1.28. The number of carbonyl (C=O) groups is 1. The van der Waals surface area contributed by atoms with E-state index in [0.717, 1.165) is 7.11 Å². The minimum atomic E-state index is -2.08. The Kier molecular flexibility index (Phi) is 18.4. The molecule has 378 valence electrons. The minimum absolute atomic E-state index is 0.0513. The first-order valence-corrected chi connectivity index (χ1v) is 20.7. The number of hydrogen-bond acceptors (Lipinski definition) is 28. The molecule has 25 atom stereocenters. The molecule has 6 rings (SSSR count). The molecule has 0 saturated carbocycles. The molecule has 28 heteroatoms. The second-order valence-corrected chi connectivity index (χ2v) is 16.1. The lowest BCUT2D eigenvalue weighted by Crippen LogP contribution is -2.67. The second-order valence-electron chi connectivity index (χ2n) is 16.1. The van der Waals surface area contributed by atoms with E-state index in [1.807, 2.05) is 0 Å². The Morgan fingerprint density at radius 2 is 0.833 bits per heavy atom. The van der Waals surface area contributed by atoms with Gasteiger partial charge >= 0.3 is 5.97 Å². The number of aliphatic hydroxyl groups is 16. The van der Waals surface area contributed by atoms with Gasteiger partial charge in [0.1, 0.15) is 128 Å². The molecular weight excluding hydrogens is 904 g/mol. The van der Waals surface area contributed by atoms with Crippen LogP contribution < -0.4 is 4.74 Å². The maximum atomic E-state index is 12.1. The summed E-state index contributed by atoms with van der Waals surface area (Å²) in [5.74, 6) is -0.754. The topological polar surface area (TPSA) is 442 Å². The van der Waals surface area contributed by atoms with Gasteiger partial charge in [-0.05, 0) is 24.3 Å². The van der Waals surface area contributed by atoms with E-state index in [9.17, 15) is 86.5 Å². The molecule has 5 saturated heterocycles. The summed E-state index contributed by atoms with van der Waals surface area (Å²) in [5, 5.41) is 169. The second kappa shape index (κ2) is 22.9. The Morgan fingerprint density at radius 3 is 1.29 bits per heavy atom. The van der Waals surface area contributed by atoms with Gasteiger partial charge in [-0.25, -0.2) is 4.79 Å². The number of aliphatic hydroxyl groups excluding tert-OH is 16. The highest BCUT2D eigenvalue weighted by atomic mass is 16.8. The fourth-order valence-electron chi connectivity index (χ4n) is 7.88. The number of carbonyl (C=O) groups excluding carboxylic acids is 1. The maximum Gasteiger partial charge on any atom is 0.337 e. The number of hydrogen-bond donors (Lipinski definition) is 16. The maximum absolute atomic E-state index is 12.1. The summed E-state index contributed by atoms with van der Waals surface area (Å²) >= 11 is 0. The molecule has 1 aromatic carbocycles. The third kappa shape index (κ3) is 11.1. The lowest BCUT2D eigenvalue weighted by Gasteiger charge is -2.49. The summed E-state index contributed by atoms with van der Waals surface area (Å²) in [4.78, 5) is 12.1. The molecule has 5 fully saturated rings. The lowest BCUT2D eigenvalue weighted by molar-refractivity contribution is -0.389. The SMILES string of the molecule is COC(=O)c1ccc(O[C@H]2O[C@H](CO[C@H]3O[C@H](CO)[C@@H](O)[C@H](O)[C@@H]3O[C@H]3O[C@H](CO)[C@@H](O)[C@H](O)[C@@H]3O)[C@@H](O)[C@H](O[C@H]3O[C@H](CO)[C@@H](O)[C@H](O)[C@@H]3O[C@H]3O[C@H](CO)[C@@H](O)[C@H](O)[C@@H]3O)[C@@H]2O)cc1. The largest absolute Gasteiger partial charge is 0.465 e. The van der Waals surface area contributed by atoms with Gasteiger partial charge in [-0.2, -0.15) is 0 Å². The minimum Gasteiger partial charge on any atom is -0.465 e. The summed E-state index contributed by atoms with van der Waals surface area (Å²) in [6.07, 6.45) is -47.0. The first-order valence-electron chi connectivity index (χ1n) is 20.7. The molecule has 0 aliphatic carbocycles. The van der Waals surface area contributed by atoms with Crippen LogP contribution in [-0.2, 0) is 47.4 Å². The van der Waals surface area contributed by atoms with Gasteiger partial charge in [-0.15, -0.1) is 0 Å². The molecule has 66 heavy (non-hydrogen) atoms. The van der Waals surface area contributed by atoms with Crippen LogP contribution in [0.25, 0.3) is 0 Å². The first kappa shape index (κ1) is 52.9. The van der Waals surface area contributed by atoms with Crippen molar-refractivity contribution in [1.29, 1.82) is 0 Å². The summed E-state index contributed by atoms with van der Waals surface area (Å²) in [6.45, 7) is -4.44. The summed E-state index contributed by atoms with van der Waals surface area (Å²) < 4.78 is 61.9. The molecule has 28 nitrogen and oxygen atoms in total. The van der Waals surface area contributed by atoms with Crippen molar-refractivity contribution in [3.05, 3.63) is 29.8 Å². The molecular formula is C38H58O28. The molecule has 5 aliphatic heterocycles. The smallest absolute Gasteiger partial charge is 0.337 e. The van der Waals surface area contributed by atoms with Crippen LogP contribution in [0, 0.1) is 0 Å². The predicted octanol–water partition coefficient (Wildman–Crippen LogP) is -10.1. The van der Waals surface area contributed by atoms with Crippen molar-refractivity contribution >= 4 is 5.97 Å². The van der Waals surface area contributed by atoms with E-state index in [4.69, 9.17) is 52.1 Å². The van der Waals surface area contributed by atoms with E-state index in [0.29, 0.717) is 0 Å². The fraction of sp³-hybridized carbons (Fsp3) is 0.816. The van der Waals surface area contributed by atoms with Crippen LogP contribution in [-0.4, -0.2) is 281 Å². The molecule has 1 aromatic rings. The quantitative estimate of drug-likeness (QED) is 0.0684. The molecule has 0 aromatic heterocycles. The highest BCUT2D eigenvalue weighted by Crippen LogP contribution is 2.35. The highest BCUT2D eigenvalue weighted by molar-refractivity contribution is 5.89. The van der Waals surface area contributed by atoms with Crippen LogP contribution in [0.5, 0.6) is 5.75 Å². The van der Waals surface area contributed by atoms with Crippen molar-refractivity contribution in [1.82, 2.24) is 0 Å². The zero-order valence-electron chi connectivity index (χ0n) is 34.8. The van der Waals surface area contributed by atoms with Crippen LogP contribution in [0.15, 0.2) is 24.3 Å². The van der Waals surface area contributed by atoms with Crippen molar-refractivity contribution in [2.45, 2.75) is 154 Å². The molecule has 5 aliphatic rings. The number of ether oxygens (including phenoxy) is 11. The summed E-state index contributed by atoms with van der Waals surface area (Å²) in [6, 6.07) is 5.16. The van der Waals surface area contributed by atoms with Crippen LogP contribution in [0.2, 0.25) is 0 Å². The number of esters is 1. The molecule has 0 radical (unpaired) electrons. The molecule has 5 heterocycles. The monoisotopic (exact) mass is 962 g/mol. The van der Waals surface area contributed by atoms with E-state index in [2.05, 4.69) is 0 Å². The first-order chi connectivity index (χ1) is 31.4. The zero-order valence-corrected chi connectivity index (χ0v) is 34.8. The zero-order chi connectivity index (χ0) is 48.3. The van der Waals surface area contributed by atoms with E-state index >= 15 is 0 Å². The van der Waals surface area contributed by atoms with E-state index < -0.39 is 193 Å². The van der Waals surface area contributed by atoms with Gasteiger partial charge in [0.25, 0.3) is 0 Å². The average Bonchev–Trinajstić information content (AvgIpc) is 3.32. The Bertz CT molecular complexity index is 1660. The molecule has 0 bridgehead atoms. The van der Waals surface area contributed by atoms with Crippen LogP contribution in [0.3, 0.4) is 0 Å². The number of rotatable bonds is 16. The van der Waals surface area contributed by atoms with Crippen molar-refractivity contribution in [3.63, 3.8) is 0 Å². The third-order valence-corrected chi connectivity index (χ3v) is 11.8. The van der Waals surface area contributed by atoms with Crippen molar-refractivity contribution < 1.29 is 139 Å². The van der Waals surface area contributed by atoms with Gasteiger partial charge in [0, 0.05) is 0 Å². The summed E-state index contributed by atoms with van der Waals surface area (Å²) in [5.41, 5.74) is 0.0957. The molecule has 0 spiro atoms. The van der Waals surface area contributed by atoms with Crippen LogP contribution in [0.4, 0.5) is 0 Å². The standard InChI is InChI=1S/C38H58O28/c1-56-33(55)11-2-4-12(5-3-11)58-36-29(54)30(64-38-32(26(51)21(46)16(9-42)62-38)66-35-28(53)24(49)19(44)14(7-40)60-35)22(47)17(63-36)10-57-37-31(25(50)20(45)15(8-41)61-37)65-34-27(52)23(48)18(43)13(6-39)59-34/h2-5,13-32,34-54H,6-10H2,1H3/t13-,14-,15-,16-,17-,18-,19-,20-,21-,22-,23+,24+,25+,26+,27+,28+,29+,30+,31+,32+,34-,35-,36+,37+,38-/m1/s1. The lowest BCUT2D eigenvalue weighted by atomic mass is 9.96. The predicted molar refractivity (Wildman–Crippen MR) is 203 cm³/mol. The average molecular weight is 963 g/mol. The van der Waals surface area contributed by atoms with E-state index in [1.54, 1.807) is 0 Å². The van der Waals surface area contributed by atoms with Gasteiger partial charge in [-0.1, -0.05) is 0 Å². The van der Waals surface area contributed by atoms with E-state index in [-0.39, 0.29) is 11.3 Å².